The molecule has 0 aromatic carbocycles. The van der Waals surface area contributed by atoms with E-state index in [0.29, 0.717) is 6.42 Å². The second-order valence-corrected chi connectivity index (χ2v) is 4.06. The van der Waals surface area contributed by atoms with Gasteiger partial charge in [0, 0.05) is 6.61 Å². The first-order valence-electron chi connectivity index (χ1n) is 6.25. The predicted octanol–water partition coefficient (Wildman–Crippen LogP) is 3.04. The molecule has 0 amide bonds. The molecule has 0 aliphatic heterocycles. The summed E-state index contributed by atoms with van der Waals surface area (Å²) in [6.07, 6.45) is 12.6. The Morgan fingerprint density at radius 1 is 1.00 bits per heavy atom. The van der Waals surface area contributed by atoms with E-state index in [4.69, 9.17) is 5.11 Å². The number of aliphatic hydroxyl groups excluding tert-OH is 2. The van der Waals surface area contributed by atoms with Crippen LogP contribution in [-0.4, -0.2) is 22.9 Å². The van der Waals surface area contributed by atoms with Crippen LogP contribution in [-0.2, 0) is 0 Å². The van der Waals surface area contributed by atoms with Crippen molar-refractivity contribution in [1.82, 2.24) is 0 Å². The Hall–Kier alpha value is -0.340. The van der Waals surface area contributed by atoms with Gasteiger partial charge in [-0.2, -0.15) is 0 Å². The maximum atomic E-state index is 9.33. The zero-order valence-electron chi connectivity index (χ0n) is 9.99. The van der Waals surface area contributed by atoms with Crippen LogP contribution in [0.25, 0.3) is 0 Å². The van der Waals surface area contributed by atoms with Gasteiger partial charge in [-0.25, -0.2) is 0 Å². The standard InChI is InChI=1S/C13H26O2/c1-2-3-4-5-6-7-8-9-10-13(15)11-12-14/h7-8,13-15H,2-6,9-12H2,1H3/b8-7-/t13-/m1/s1. The molecule has 0 aliphatic carbocycles. The van der Waals surface area contributed by atoms with E-state index in [1.54, 1.807) is 0 Å². The van der Waals surface area contributed by atoms with E-state index in [1.165, 1.54) is 25.7 Å². The third-order valence-electron chi connectivity index (χ3n) is 2.52. The molecule has 0 aliphatic rings. The van der Waals surface area contributed by atoms with Crippen LogP contribution >= 0.6 is 0 Å². The lowest BCUT2D eigenvalue weighted by Gasteiger charge is -2.05. The fraction of sp³-hybridized carbons (Fsp3) is 0.846. The lowest BCUT2D eigenvalue weighted by Crippen LogP contribution is -2.07. The van der Waals surface area contributed by atoms with Crippen molar-refractivity contribution >= 4 is 0 Å². The van der Waals surface area contributed by atoms with Gasteiger partial charge in [0.25, 0.3) is 0 Å². The van der Waals surface area contributed by atoms with E-state index in [0.717, 1.165) is 19.3 Å². The second kappa shape index (κ2) is 11.7. The fourth-order valence-corrected chi connectivity index (χ4v) is 1.51. The van der Waals surface area contributed by atoms with E-state index in [2.05, 4.69) is 19.1 Å². The molecule has 0 fully saturated rings. The smallest absolute Gasteiger partial charge is 0.0565 e. The Bertz CT molecular complexity index is 143. The molecule has 0 saturated heterocycles. The molecule has 0 radical (unpaired) electrons. The Balaban J connectivity index is 3.16. The van der Waals surface area contributed by atoms with Crippen molar-refractivity contribution in [2.45, 2.75) is 64.4 Å². The van der Waals surface area contributed by atoms with Crippen molar-refractivity contribution in [3.63, 3.8) is 0 Å². The molecule has 0 bridgehead atoms. The Labute approximate surface area is 94.0 Å². The molecule has 0 unspecified atom stereocenters. The van der Waals surface area contributed by atoms with Crippen LogP contribution in [0.5, 0.6) is 0 Å². The monoisotopic (exact) mass is 214 g/mol. The second-order valence-electron chi connectivity index (χ2n) is 4.06. The maximum Gasteiger partial charge on any atom is 0.0565 e. The molecule has 0 heterocycles. The normalized spacial score (nSPS) is 13.5. The summed E-state index contributed by atoms with van der Waals surface area (Å²) in [7, 11) is 0. The fourth-order valence-electron chi connectivity index (χ4n) is 1.51. The maximum absolute atomic E-state index is 9.33. The quantitative estimate of drug-likeness (QED) is 0.433. The van der Waals surface area contributed by atoms with Crippen LogP contribution in [0.15, 0.2) is 12.2 Å². The first-order chi connectivity index (χ1) is 7.31. The minimum absolute atomic E-state index is 0.0852. The van der Waals surface area contributed by atoms with Crippen LogP contribution in [0.1, 0.15) is 58.3 Å². The van der Waals surface area contributed by atoms with Gasteiger partial charge in [-0.15, -0.1) is 0 Å². The Morgan fingerprint density at radius 3 is 2.40 bits per heavy atom. The summed E-state index contributed by atoms with van der Waals surface area (Å²) in [4.78, 5) is 0. The van der Waals surface area contributed by atoms with E-state index in [-0.39, 0.29) is 12.7 Å². The van der Waals surface area contributed by atoms with Crippen molar-refractivity contribution < 1.29 is 10.2 Å². The molecule has 15 heavy (non-hydrogen) atoms. The zero-order chi connectivity index (χ0) is 11.4. The Kier molecular flexibility index (Phi) is 11.5. The summed E-state index contributed by atoms with van der Waals surface area (Å²) in [6.45, 7) is 2.31. The minimum atomic E-state index is -0.334. The predicted molar refractivity (Wildman–Crippen MR) is 64.8 cm³/mol. The average molecular weight is 214 g/mol. The molecule has 0 aromatic heterocycles. The van der Waals surface area contributed by atoms with Crippen LogP contribution in [0, 0.1) is 0 Å². The molecular weight excluding hydrogens is 188 g/mol. The summed E-state index contributed by atoms with van der Waals surface area (Å²) in [5.74, 6) is 0. The number of unbranched alkanes of at least 4 members (excludes halogenated alkanes) is 4. The molecule has 2 nitrogen and oxygen atoms in total. The van der Waals surface area contributed by atoms with Gasteiger partial charge in [0.15, 0.2) is 0 Å². The summed E-state index contributed by atoms with van der Waals surface area (Å²) < 4.78 is 0. The third kappa shape index (κ3) is 11.6. The van der Waals surface area contributed by atoms with Crippen LogP contribution in [0.3, 0.4) is 0 Å². The topological polar surface area (TPSA) is 40.5 Å². The molecule has 1 atom stereocenters. The summed E-state index contributed by atoms with van der Waals surface area (Å²) in [5.41, 5.74) is 0. The minimum Gasteiger partial charge on any atom is -0.396 e. The van der Waals surface area contributed by atoms with Gasteiger partial charge in [0.2, 0.25) is 0 Å². The summed E-state index contributed by atoms with van der Waals surface area (Å²) >= 11 is 0. The highest BCUT2D eigenvalue weighted by molar-refractivity contribution is 4.82. The molecule has 90 valence electrons. The van der Waals surface area contributed by atoms with E-state index in [9.17, 15) is 5.11 Å². The Morgan fingerprint density at radius 2 is 1.73 bits per heavy atom. The van der Waals surface area contributed by atoms with Crippen molar-refractivity contribution in [3.8, 4) is 0 Å². The highest BCUT2D eigenvalue weighted by Crippen LogP contribution is 2.05. The molecule has 0 saturated carbocycles. The number of rotatable bonds is 10. The van der Waals surface area contributed by atoms with Crippen LogP contribution in [0.4, 0.5) is 0 Å². The lowest BCUT2D eigenvalue weighted by atomic mass is 10.1. The molecule has 2 N–H and O–H groups in total. The molecule has 0 aromatic rings. The first kappa shape index (κ1) is 14.7. The van der Waals surface area contributed by atoms with Crippen molar-refractivity contribution in [3.05, 3.63) is 12.2 Å². The van der Waals surface area contributed by atoms with Crippen molar-refractivity contribution in [2.24, 2.45) is 0 Å². The van der Waals surface area contributed by atoms with Gasteiger partial charge in [-0.1, -0.05) is 38.3 Å². The average Bonchev–Trinajstić information content (AvgIpc) is 2.22. The molecular formula is C13H26O2. The summed E-state index contributed by atoms with van der Waals surface area (Å²) in [6, 6.07) is 0. The van der Waals surface area contributed by atoms with Crippen molar-refractivity contribution in [1.29, 1.82) is 0 Å². The van der Waals surface area contributed by atoms with Gasteiger partial charge < -0.3 is 10.2 Å². The number of hydrogen-bond donors (Lipinski definition) is 2. The van der Waals surface area contributed by atoms with Gasteiger partial charge in [-0.3, -0.25) is 0 Å². The molecule has 0 rings (SSSR count). The summed E-state index contributed by atoms with van der Waals surface area (Å²) in [5, 5.41) is 17.9. The van der Waals surface area contributed by atoms with Gasteiger partial charge in [0.05, 0.1) is 6.10 Å². The van der Waals surface area contributed by atoms with Gasteiger partial charge >= 0.3 is 0 Å². The molecule has 2 heteroatoms. The van der Waals surface area contributed by atoms with Crippen LogP contribution < -0.4 is 0 Å². The third-order valence-corrected chi connectivity index (χ3v) is 2.52. The SMILES string of the molecule is CCCCCC/C=C\CC[C@@H](O)CCO. The van der Waals surface area contributed by atoms with Crippen LogP contribution in [0.2, 0.25) is 0 Å². The highest BCUT2D eigenvalue weighted by Gasteiger charge is 1.99. The van der Waals surface area contributed by atoms with Gasteiger partial charge in [0.1, 0.15) is 0 Å². The lowest BCUT2D eigenvalue weighted by molar-refractivity contribution is 0.126. The van der Waals surface area contributed by atoms with E-state index >= 15 is 0 Å². The largest absolute Gasteiger partial charge is 0.396 e. The number of allylic oxidation sites excluding steroid dienone is 2. The zero-order valence-corrected chi connectivity index (χ0v) is 9.99. The van der Waals surface area contributed by atoms with Crippen molar-refractivity contribution in [2.75, 3.05) is 6.61 Å². The number of aliphatic hydroxyl groups is 2. The van der Waals surface area contributed by atoms with Gasteiger partial charge in [-0.05, 0) is 32.1 Å². The van der Waals surface area contributed by atoms with E-state index in [1.807, 2.05) is 0 Å². The molecule has 0 spiro atoms. The van der Waals surface area contributed by atoms with E-state index < -0.39 is 0 Å². The first-order valence-corrected chi connectivity index (χ1v) is 6.25. The number of hydrogen-bond acceptors (Lipinski definition) is 2. The highest BCUT2D eigenvalue weighted by atomic mass is 16.3.